The van der Waals surface area contributed by atoms with Crippen LogP contribution in [0.15, 0.2) is 35.9 Å². The third kappa shape index (κ3) is 9.11. The van der Waals surface area contributed by atoms with Gasteiger partial charge >= 0.3 is 5.97 Å². The van der Waals surface area contributed by atoms with E-state index in [4.69, 9.17) is 54.5 Å². The number of hydrogen-bond donors (Lipinski definition) is 0. The summed E-state index contributed by atoms with van der Waals surface area (Å²) in [5.74, 6) is -1.05. The largest absolute Gasteiger partial charge is 0.462 e. The van der Waals surface area contributed by atoms with Crippen LogP contribution in [0.5, 0.6) is 0 Å². The smallest absolute Gasteiger partial charge is 0.306 e. The minimum absolute atomic E-state index is 0.00399. The number of esters is 1. The lowest BCUT2D eigenvalue weighted by Gasteiger charge is -2.44. The Bertz CT molecular complexity index is 1910. The van der Waals surface area contributed by atoms with E-state index in [1.807, 2.05) is 38.1 Å². The zero-order chi connectivity index (χ0) is 44.0. The molecule has 2 aromatic rings. The zero-order valence-corrected chi connectivity index (χ0v) is 39.4. The number of cyclic esters (lactones) is 1. The molecule has 1 saturated carbocycles. The molecule has 0 radical (unpaired) electrons. The quantitative estimate of drug-likeness (QED) is 0.213. The summed E-state index contributed by atoms with van der Waals surface area (Å²) in [5.41, 5.74) is 2.66. The minimum atomic E-state index is -0.666. The van der Waals surface area contributed by atoms with Crippen molar-refractivity contribution in [1.82, 2.24) is 9.88 Å². The fourth-order valence-electron chi connectivity index (χ4n) is 11.8. The van der Waals surface area contributed by atoms with Crippen molar-refractivity contribution in [2.45, 2.75) is 165 Å². The van der Waals surface area contributed by atoms with Gasteiger partial charge in [-0.25, -0.2) is 4.98 Å². The number of hydrogen-bond acceptors (Lipinski definition) is 13. The number of halogens is 1. The molecule has 0 N–H and O–H groups in total. The number of Topliss-reactive ketones (excluding diaryl/α,β-unsaturated/α-hetero) is 1. The number of rotatable bonds is 10. The Morgan fingerprint density at radius 2 is 1.61 bits per heavy atom. The van der Waals surface area contributed by atoms with E-state index in [0.29, 0.717) is 29.5 Å². The lowest BCUT2D eigenvalue weighted by Crippen LogP contribution is -2.59. The molecule has 342 valence electrons. The number of benzene rings is 1. The van der Waals surface area contributed by atoms with Crippen LogP contribution in [-0.4, -0.2) is 125 Å². The lowest BCUT2D eigenvalue weighted by atomic mass is 9.67. The highest BCUT2D eigenvalue weighted by atomic mass is 35.5. The number of thiazole rings is 1. The van der Waals surface area contributed by atoms with Crippen molar-refractivity contribution in [1.29, 1.82) is 0 Å². The van der Waals surface area contributed by atoms with E-state index in [1.165, 1.54) is 4.88 Å². The van der Waals surface area contributed by atoms with Crippen LogP contribution in [0, 0.1) is 23.7 Å². The maximum absolute atomic E-state index is 15.2. The maximum atomic E-state index is 15.2. The van der Waals surface area contributed by atoms with E-state index >= 15 is 4.79 Å². The number of allylic oxidation sites excluding steroid dienone is 2. The predicted octanol–water partition coefficient (Wildman–Crippen LogP) is 8.34. The van der Waals surface area contributed by atoms with Crippen LogP contribution < -0.4 is 0 Å². The molecular weight excluding hydrogens is 832 g/mol. The molecular formula is C48H67ClN2O10S. The SMILES string of the molecule is CC[C@H]1CCC[C@H](O[C@H]2CC[C@H](N(C)C)C(C)O2)[C@@H](C)C(=O)C2=C[C@H]3[C@@H]4C[C@H](O[C@@H]5OC(C)[C@H](OC)C(OC)[C@@H]5OC)C[C@H]4c4sc(-c5ccc(Cl)cc5)nc4[C@H]3[C@@H]2CC(=O)O1. The van der Waals surface area contributed by atoms with E-state index in [2.05, 4.69) is 38.9 Å². The van der Waals surface area contributed by atoms with Gasteiger partial charge in [-0.05, 0) is 109 Å². The molecule has 0 amide bonds. The standard InChI is InChI=1S/C48H67ClN2O10S/c1-10-29-12-11-13-37(61-39-19-18-36(51(5)6)25(3)57-39)24(2)42(53)34-22-32-31-20-30(60-48-45(56-9)44(55-8)43(54-7)26(4)58-48)21-35(31)46-41(40(32)33(34)23-38(52)59-29)50-47(62-46)27-14-16-28(49)17-15-27/h14-17,22,24-26,29-33,35-37,39-40,43-45,48H,10-13,18-21,23H2,1-9H3/t24-,25?,26?,29+,30+,31+,32+,33-,35-,36+,37+,39+,40-,43+,44?,45+,48+/m1/s1. The van der Waals surface area contributed by atoms with E-state index in [9.17, 15) is 4.79 Å². The molecule has 1 aromatic carbocycles. The molecule has 3 unspecified atom stereocenters. The van der Waals surface area contributed by atoms with Gasteiger partial charge in [0.1, 0.15) is 29.4 Å². The fraction of sp³-hybridized carbons (Fsp3) is 0.729. The summed E-state index contributed by atoms with van der Waals surface area (Å²) in [5, 5.41) is 1.56. The van der Waals surface area contributed by atoms with Crippen LogP contribution in [0.2, 0.25) is 5.02 Å². The predicted molar refractivity (Wildman–Crippen MR) is 236 cm³/mol. The molecule has 4 heterocycles. The molecule has 0 bridgehead atoms. The molecule has 17 atom stereocenters. The third-order valence-electron chi connectivity index (χ3n) is 15.0. The van der Waals surface area contributed by atoms with Crippen LogP contribution in [-0.2, 0) is 47.5 Å². The third-order valence-corrected chi connectivity index (χ3v) is 16.5. The first-order chi connectivity index (χ1) is 29.8. The van der Waals surface area contributed by atoms with Crippen LogP contribution in [0.3, 0.4) is 0 Å². The van der Waals surface area contributed by atoms with E-state index in [0.717, 1.165) is 54.8 Å². The molecule has 62 heavy (non-hydrogen) atoms. The monoisotopic (exact) mass is 898 g/mol. The van der Waals surface area contributed by atoms with E-state index in [-0.39, 0.29) is 84.6 Å². The number of carbonyl (C=O) groups is 2. The molecule has 3 aliphatic carbocycles. The highest BCUT2D eigenvalue weighted by Crippen LogP contribution is 2.63. The summed E-state index contributed by atoms with van der Waals surface area (Å²) in [7, 11) is 9.14. The number of likely N-dealkylation sites (N-methyl/N-ethyl adjacent to an activating group) is 1. The molecule has 3 saturated heterocycles. The Hall–Kier alpha value is -2.30. The number of fused-ring (bicyclic) bond motifs is 8. The first kappa shape index (κ1) is 46.2. The molecule has 14 heteroatoms. The van der Waals surface area contributed by atoms with Crippen LogP contribution in [0.25, 0.3) is 10.6 Å². The number of ether oxygens (including phenoxy) is 8. The van der Waals surface area contributed by atoms with Crippen LogP contribution >= 0.6 is 22.9 Å². The average Bonchev–Trinajstić information content (AvgIpc) is 3.97. The molecule has 4 fully saturated rings. The molecule has 0 spiro atoms. The number of aromatic nitrogens is 1. The molecule has 12 nitrogen and oxygen atoms in total. The maximum Gasteiger partial charge on any atom is 0.306 e. The van der Waals surface area contributed by atoms with Gasteiger partial charge in [-0.2, -0.15) is 0 Å². The van der Waals surface area contributed by atoms with Crippen LogP contribution in [0.4, 0.5) is 0 Å². The van der Waals surface area contributed by atoms with Crippen molar-refractivity contribution in [3.63, 3.8) is 0 Å². The topological polar surface area (TPSA) is 124 Å². The van der Waals surface area contributed by atoms with Gasteiger partial charge in [0.25, 0.3) is 0 Å². The molecule has 8 rings (SSSR count). The van der Waals surface area contributed by atoms with Crippen molar-refractivity contribution < 1.29 is 47.5 Å². The molecule has 6 aliphatic rings. The minimum Gasteiger partial charge on any atom is -0.462 e. The second kappa shape index (κ2) is 19.7. The van der Waals surface area contributed by atoms with E-state index in [1.54, 1.807) is 32.7 Å². The van der Waals surface area contributed by atoms with Gasteiger partial charge in [-0.3, -0.25) is 9.59 Å². The summed E-state index contributed by atoms with van der Waals surface area (Å²) < 4.78 is 50.6. The van der Waals surface area contributed by atoms with Gasteiger partial charge in [-0.1, -0.05) is 43.7 Å². The summed E-state index contributed by atoms with van der Waals surface area (Å²) >= 11 is 8.05. The second-order valence-corrected chi connectivity index (χ2v) is 20.2. The normalized spacial score (nSPS) is 40.1. The van der Waals surface area contributed by atoms with Gasteiger partial charge in [0, 0.05) is 66.5 Å². The number of ketones is 1. The van der Waals surface area contributed by atoms with Gasteiger partial charge in [-0.15, -0.1) is 11.3 Å². The van der Waals surface area contributed by atoms with Gasteiger partial charge in [0.2, 0.25) is 0 Å². The van der Waals surface area contributed by atoms with Gasteiger partial charge < -0.3 is 42.8 Å². The van der Waals surface area contributed by atoms with Crippen molar-refractivity contribution in [3.8, 4) is 10.6 Å². The number of methoxy groups -OCH3 is 3. The fourth-order valence-corrected chi connectivity index (χ4v) is 13.2. The van der Waals surface area contributed by atoms with Crippen LogP contribution in [0.1, 0.15) is 108 Å². The molecule has 3 aliphatic heterocycles. The second-order valence-electron chi connectivity index (χ2n) is 18.8. The number of nitrogens with zero attached hydrogens (tertiary/aromatic N) is 2. The Morgan fingerprint density at radius 1 is 0.871 bits per heavy atom. The Balaban J connectivity index is 1.14. The van der Waals surface area contributed by atoms with Crippen molar-refractivity contribution in [2.24, 2.45) is 23.7 Å². The highest BCUT2D eigenvalue weighted by molar-refractivity contribution is 7.15. The lowest BCUT2D eigenvalue weighted by molar-refractivity contribution is -0.314. The first-order valence-electron chi connectivity index (χ1n) is 22.9. The van der Waals surface area contributed by atoms with Gasteiger partial charge in [0.05, 0.1) is 36.5 Å². The first-order valence-corrected chi connectivity index (χ1v) is 24.1. The Labute approximate surface area is 376 Å². The summed E-state index contributed by atoms with van der Waals surface area (Å²) in [6.07, 6.45) is 5.16. The highest BCUT2D eigenvalue weighted by Gasteiger charge is 2.57. The van der Waals surface area contributed by atoms with Gasteiger partial charge in [0.15, 0.2) is 18.4 Å². The van der Waals surface area contributed by atoms with E-state index < -0.39 is 30.5 Å². The summed E-state index contributed by atoms with van der Waals surface area (Å²) in [6.45, 7) is 8.16. The number of carbonyl (C=O) groups excluding carboxylic acids is 2. The average molecular weight is 900 g/mol. The van der Waals surface area contributed by atoms with Crippen molar-refractivity contribution in [2.75, 3.05) is 35.4 Å². The van der Waals surface area contributed by atoms with Crippen molar-refractivity contribution in [3.05, 3.63) is 51.5 Å². The summed E-state index contributed by atoms with van der Waals surface area (Å²) in [4.78, 5) is 38.1. The Kier molecular flexibility index (Phi) is 14.7. The molecule has 1 aromatic heterocycles. The van der Waals surface area contributed by atoms with Crippen molar-refractivity contribution >= 4 is 34.7 Å². The Morgan fingerprint density at radius 3 is 2.29 bits per heavy atom. The zero-order valence-electron chi connectivity index (χ0n) is 37.8. The summed E-state index contributed by atoms with van der Waals surface area (Å²) in [6, 6.07) is 8.10.